The van der Waals surface area contributed by atoms with E-state index in [1.165, 1.54) is 68.5 Å². The van der Waals surface area contributed by atoms with Crippen LogP contribution in [0.5, 0.6) is 0 Å². The molecular formula is C14H31Br2P. The fraction of sp³-hybridized carbons (Fsp3) is 1.00. The van der Waals surface area contributed by atoms with E-state index in [0.717, 1.165) is 0 Å². The molecule has 17 heavy (non-hydrogen) atoms. The third-order valence-electron chi connectivity index (χ3n) is 3.85. The van der Waals surface area contributed by atoms with E-state index in [1.54, 1.807) is 0 Å². The summed E-state index contributed by atoms with van der Waals surface area (Å²) in [6.45, 7) is 6.96. The van der Waals surface area contributed by atoms with E-state index >= 15 is 0 Å². The summed E-state index contributed by atoms with van der Waals surface area (Å²) in [7, 11) is 0. The number of hydrogen-bond acceptors (Lipinski definition) is 0. The first-order chi connectivity index (χ1) is 8.04. The van der Waals surface area contributed by atoms with Gasteiger partial charge in [-0.25, -0.2) is 0 Å². The first kappa shape index (κ1) is 18.4. The van der Waals surface area contributed by atoms with E-state index in [-0.39, 0.29) is 0 Å². The molecule has 0 aliphatic carbocycles. The fourth-order valence-electron chi connectivity index (χ4n) is 2.54. The van der Waals surface area contributed by atoms with E-state index in [1.807, 2.05) is 0 Å². The molecule has 0 aromatic heterocycles. The zero-order chi connectivity index (χ0) is 13.2. The molecule has 0 rings (SSSR count). The minimum absolute atomic E-state index is 1.17. The number of rotatable bonds is 11. The van der Waals surface area contributed by atoms with E-state index in [9.17, 15) is 0 Å². The van der Waals surface area contributed by atoms with E-state index in [4.69, 9.17) is 0 Å². The second kappa shape index (κ2) is 9.32. The predicted molar refractivity (Wildman–Crippen MR) is 93.8 cm³/mol. The molecular weight excluding hydrogens is 359 g/mol. The second-order valence-corrected chi connectivity index (χ2v) is 17.7. The van der Waals surface area contributed by atoms with Crippen molar-refractivity contribution in [2.75, 3.05) is 30.0 Å². The fourth-order valence-corrected chi connectivity index (χ4v) is 14.6. The molecule has 0 aliphatic heterocycles. The van der Waals surface area contributed by atoms with Crippen LogP contribution in [0.1, 0.15) is 59.3 Å². The van der Waals surface area contributed by atoms with Gasteiger partial charge >= 0.3 is 126 Å². The molecule has 3 heteroatoms. The molecule has 0 aliphatic rings. The van der Waals surface area contributed by atoms with Gasteiger partial charge in [0, 0.05) is 0 Å². The molecule has 0 saturated heterocycles. The molecule has 0 fully saturated rings. The Morgan fingerprint density at radius 1 is 0.706 bits per heavy atom. The van der Waals surface area contributed by atoms with Crippen LogP contribution in [0.4, 0.5) is 0 Å². The molecule has 0 amide bonds. The summed E-state index contributed by atoms with van der Waals surface area (Å²) in [5.41, 5.74) is 0. The Morgan fingerprint density at radius 3 is 1.29 bits per heavy atom. The molecule has 0 unspecified atom stereocenters. The molecule has 0 N–H and O–H groups in total. The van der Waals surface area contributed by atoms with Crippen molar-refractivity contribution in [1.29, 1.82) is 0 Å². The van der Waals surface area contributed by atoms with Crippen molar-refractivity contribution in [3.05, 3.63) is 0 Å². The Balaban J connectivity index is 4.76. The zero-order valence-electron chi connectivity index (χ0n) is 12.0. The van der Waals surface area contributed by atoms with Gasteiger partial charge in [-0.05, 0) is 0 Å². The Kier molecular flexibility index (Phi) is 10.1. The first-order valence-corrected chi connectivity index (χ1v) is 13.4. The van der Waals surface area contributed by atoms with Gasteiger partial charge in [-0.2, -0.15) is 0 Å². The number of alkyl halides is 1. The van der Waals surface area contributed by atoms with Gasteiger partial charge in [0.15, 0.2) is 0 Å². The summed E-state index contributed by atoms with van der Waals surface area (Å²) < 4.78 is 0. The SMILES string of the molecule is CCCCP(Br)(CCBr)(CCCC)CCCC. The zero-order valence-corrected chi connectivity index (χ0v) is 16.0. The molecule has 106 valence electrons. The summed E-state index contributed by atoms with van der Waals surface area (Å²) in [4.78, 5) is 0. The average molecular weight is 390 g/mol. The van der Waals surface area contributed by atoms with Crippen LogP contribution < -0.4 is 0 Å². The van der Waals surface area contributed by atoms with Gasteiger partial charge in [-0.3, -0.25) is 0 Å². The van der Waals surface area contributed by atoms with Gasteiger partial charge in [-0.15, -0.1) is 0 Å². The summed E-state index contributed by atoms with van der Waals surface area (Å²) >= 11 is 8.06. The van der Waals surface area contributed by atoms with Crippen LogP contribution in [0.25, 0.3) is 0 Å². The van der Waals surface area contributed by atoms with Gasteiger partial charge in [0.05, 0.1) is 0 Å². The van der Waals surface area contributed by atoms with Crippen LogP contribution in [-0.2, 0) is 0 Å². The molecule has 0 aromatic rings. The second-order valence-electron chi connectivity index (χ2n) is 5.46. The molecule has 0 bridgehead atoms. The Hall–Kier alpha value is 1.39. The van der Waals surface area contributed by atoms with Crippen molar-refractivity contribution >= 4 is 36.7 Å². The first-order valence-electron chi connectivity index (χ1n) is 7.32. The van der Waals surface area contributed by atoms with Crippen LogP contribution in [0.3, 0.4) is 0 Å². The van der Waals surface area contributed by atoms with Gasteiger partial charge in [0.2, 0.25) is 0 Å². The molecule has 0 saturated carbocycles. The van der Waals surface area contributed by atoms with E-state index in [2.05, 4.69) is 52.2 Å². The third kappa shape index (κ3) is 6.92. The van der Waals surface area contributed by atoms with E-state index < -0.39 is 5.31 Å². The van der Waals surface area contributed by atoms with Crippen molar-refractivity contribution in [3.63, 3.8) is 0 Å². The molecule has 0 aromatic carbocycles. The normalized spacial score (nSPS) is 14.5. The summed E-state index contributed by atoms with van der Waals surface area (Å²) in [5, 5.41) is -0.399. The number of halogens is 2. The predicted octanol–water partition coefficient (Wildman–Crippen LogP) is 6.64. The molecule has 0 atom stereocenters. The quantitative estimate of drug-likeness (QED) is 0.274. The minimum atomic E-state index is -1.57. The van der Waals surface area contributed by atoms with Gasteiger partial charge in [0.1, 0.15) is 0 Å². The summed E-state index contributed by atoms with van der Waals surface area (Å²) in [6.07, 6.45) is 14.0. The van der Waals surface area contributed by atoms with Gasteiger partial charge < -0.3 is 0 Å². The molecule has 0 nitrogen and oxygen atoms in total. The average Bonchev–Trinajstić information content (AvgIpc) is 2.33. The summed E-state index contributed by atoms with van der Waals surface area (Å²) in [6, 6.07) is 0. The van der Waals surface area contributed by atoms with Crippen LogP contribution in [0, 0.1) is 0 Å². The van der Waals surface area contributed by atoms with Crippen molar-refractivity contribution in [2.45, 2.75) is 59.3 Å². The van der Waals surface area contributed by atoms with Crippen molar-refractivity contribution < 1.29 is 0 Å². The third-order valence-corrected chi connectivity index (χ3v) is 14.8. The van der Waals surface area contributed by atoms with Crippen molar-refractivity contribution in [1.82, 2.24) is 0 Å². The maximum atomic E-state index is 4.36. The molecule has 0 spiro atoms. The van der Waals surface area contributed by atoms with Crippen molar-refractivity contribution in [3.8, 4) is 0 Å². The monoisotopic (exact) mass is 388 g/mol. The molecule has 0 heterocycles. The van der Waals surface area contributed by atoms with Crippen LogP contribution in [-0.4, -0.2) is 30.0 Å². The van der Waals surface area contributed by atoms with Gasteiger partial charge in [0.25, 0.3) is 0 Å². The summed E-state index contributed by atoms with van der Waals surface area (Å²) in [5.74, 6) is 0. The Bertz CT molecular complexity index is 170. The van der Waals surface area contributed by atoms with Crippen LogP contribution in [0.15, 0.2) is 0 Å². The number of hydrogen-bond donors (Lipinski definition) is 0. The van der Waals surface area contributed by atoms with Crippen LogP contribution >= 0.6 is 36.7 Å². The maximum absolute atomic E-state index is 4.36. The standard InChI is InChI=1S/C14H31Br2P/c1-4-7-11-17(16,14-10-15,12-8-5-2)13-9-6-3/h4-14H2,1-3H3. The van der Waals surface area contributed by atoms with Crippen LogP contribution in [0.2, 0.25) is 0 Å². The van der Waals surface area contributed by atoms with Gasteiger partial charge in [-0.1, -0.05) is 0 Å². The number of unbranched alkanes of at least 4 members (excludes halogenated alkanes) is 3. The topological polar surface area (TPSA) is 0 Å². The van der Waals surface area contributed by atoms with E-state index in [0.29, 0.717) is 0 Å². The Morgan fingerprint density at radius 2 is 1.06 bits per heavy atom. The van der Waals surface area contributed by atoms with Crippen molar-refractivity contribution in [2.24, 2.45) is 0 Å². The Labute approximate surface area is 125 Å². The molecule has 0 radical (unpaired) electrons.